The Labute approximate surface area is 178 Å². The molecule has 4 rings (SSSR count). The zero-order valence-electron chi connectivity index (χ0n) is 18.5. The summed E-state index contributed by atoms with van der Waals surface area (Å²) < 4.78 is 18.1. The molecule has 2 atom stereocenters. The van der Waals surface area contributed by atoms with Crippen molar-refractivity contribution in [2.45, 2.75) is 96.1 Å². The third-order valence-corrected chi connectivity index (χ3v) is 6.13. The van der Waals surface area contributed by atoms with Crippen molar-refractivity contribution in [3.05, 3.63) is 11.9 Å². The zero-order valence-corrected chi connectivity index (χ0v) is 18.5. The lowest BCUT2D eigenvalue weighted by Gasteiger charge is -2.39. The summed E-state index contributed by atoms with van der Waals surface area (Å²) in [6.45, 7) is 9.61. The van der Waals surface area contributed by atoms with E-state index < -0.39 is 5.60 Å². The molecule has 8 heteroatoms. The summed E-state index contributed by atoms with van der Waals surface area (Å²) in [5.41, 5.74) is 0.366. The Morgan fingerprint density at radius 3 is 2.13 bits per heavy atom. The van der Waals surface area contributed by atoms with E-state index in [0.29, 0.717) is 11.8 Å². The lowest BCUT2D eigenvalue weighted by molar-refractivity contribution is -0.00775. The molecule has 0 aromatic carbocycles. The lowest BCUT2D eigenvalue weighted by atomic mass is 10.00. The third kappa shape index (κ3) is 4.79. The van der Waals surface area contributed by atoms with Gasteiger partial charge in [0, 0.05) is 24.9 Å². The van der Waals surface area contributed by atoms with Crippen LogP contribution in [0.1, 0.15) is 64.9 Å². The minimum absolute atomic E-state index is 0.0292. The van der Waals surface area contributed by atoms with Gasteiger partial charge in [0.15, 0.2) is 0 Å². The number of piperidine rings is 2. The highest BCUT2D eigenvalue weighted by molar-refractivity contribution is 5.69. The highest BCUT2D eigenvalue weighted by atomic mass is 16.6. The fraction of sp³-hybridized carbons (Fsp3) is 0.773. The monoisotopic (exact) mass is 418 g/mol. The molecule has 3 aliphatic heterocycles. The van der Waals surface area contributed by atoms with Gasteiger partial charge >= 0.3 is 6.09 Å². The summed E-state index contributed by atoms with van der Waals surface area (Å²) in [5.74, 6) is 1.20. The van der Waals surface area contributed by atoms with Crippen LogP contribution in [0.4, 0.5) is 4.79 Å². The second-order valence-corrected chi connectivity index (χ2v) is 9.66. The fourth-order valence-electron chi connectivity index (χ4n) is 4.72. The van der Waals surface area contributed by atoms with Crippen LogP contribution in [0, 0.1) is 6.92 Å². The molecule has 30 heavy (non-hydrogen) atoms. The number of carbonyl (C=O) groups is 1. The van der Waals surface area contributed by atoms with Gasteiger partial charge in [0.2, 0.25) is 11.8 Å². The summed E-state index contributed by atoms with van der Waals surface area (Å²) in [6.07, 6.45) is 7.06. The summed E-state index contributed by atoms with van der Waals surface area (Å²) >= 11 is 0. The fourth-order valence-corrected chi connectivity index (χ4v) is 4.72. The van der Waals surface area contributed by atoms with Crippen LogP contribution < -0.4 is 14.8 Å². The van der Waals surface area contributed by atoms with E-state index in [4.69, 9.17) is 14.2 Å². The van der Waals surface area contributed by atoms with Gasteiger partial charge in [-0.1, -0.05) is 0 Å². The predicted octanol–water partition coefficient (Wildman–Crippen LogP) is 3.23. The third-order valence-electron chi connectivity index (χ3n) is 6.13. The molecule has 4 heterocycles. The van der Waals surface area contributed by atoms with Gasteiger partial charge in [-0.3, -0.25) is 0 Å². The molecule has 0 saturated carbocycles. The minimum Gasteiger partial charge on any atom is -0.474 e. The van der Waals surface area contributed by atoms with Crippen molar-refractivity contribution < 1.29 is 19.0 Å². The average molecular weight is 419 g/mol. The minimum atomic E-state index is -0.479. The van der Waals surface area contributed by atoms with E-state index in [2.05, 4.69) is 15.3 Å². The van der Waals surface area contributed by atoms with Gasteiger partial charge in [0.05, 0.1) is 5.56 Å². The highest BCUT2D eigenvalue weighted by Crippen LogP contribution is 2.38. The summed E-state index contributed by atoms with van der Waals surface area (Å²) in [7, 11) is 0. The van der Waals surface area contributed by atoms with Crippen LogP contribution in [-0.4, -0.2) is 63.9 Å². The molecule has 3 fully saturated rings. The number of nitrogens with zero attached hydrogens (tertiary/aromatic N) is 3. The number of rotatable bonds is 4. The van der Waals surface area contributed by atoms with Crippen molar-refractivity contribution in [1.82, 2.24) is 20.2 Å². The maximum Gasteiger partial charge on any atom is 0.410 e. The second kappa shape index (κ2) is 8.57. The van der Waals surface area contributed by atoms with E-state index in [1.54, 1.807) is 0 Å². The Morgan fingerprint density at radius 2 is 1.57 bits per heavy atom. The molecular formula is C22H34N4O4. The zero-order chi connectivity index (χ0) is 21.3. The van der Waals surface area contributed by atoms with Crippen molar-refractivity contribution in [3.8, 4) is 11.8 Å². The molecule has 1 N–H and O–H groups in total. The van der Waals surface area contributed by atoms with E-state index in [1.165, 1.54) is 6.33 Å². The number of amides is 1. The van der Waals surface area contributed by atoms with Crippen molar-refractivity contribution in [2.75, 3.05) is 13.1 Å². The number of nitrogens with one attached hydrogen (secondary N) is 1. The Balaban J connectivity index is 1.39. The van der Waals surface area contributed by atoms with E-state index in [0.717, 1.165) is 57.2 Å². The molecule has 166 valence electrons. The van der Waals surface area contributed by atoms with Crippen LogP contribution in [0.3, 0.4) is 0 Å². The average Bonchev–Trinajstić information content (AvgIpc) is 2.96. The molecule has 1 amide bonds. The topological polar surface area (TPSA) is 85.8 Å². The summed E-state index contributed by atoms with van der Waals surface area (Å²) in [6, 6.07) is 0.326. The first-order valence-electron chi connectivity index (χ1n) is 11.2. The standard InChI is InChI=1S/C22H34N4O4/c1-14-19(28-17-7-9-23-10-8-17)24-13-25-20(14)29-18-11-15-5-6-16(12-18)26(15)21(27)30-22(2,3)4/h13,15-18,23H,5-12H2,1-4H3. The van der Waals surface area contributed by atoms with Gasteiger partial charge in [-0.2, -0.15) is 0 Å². The van der Waals surface area contributed by atoms with Crippen LogP contribution in [-0.2, 0) is 4.74 Å². The Kier molecular flexibility index (Phi) is 6.04. The lowest BCUT2D eigenvalue weighted by Crippen LogP contribution is -2.50. The van der Waals surface area contributed by atoms with Crippen molar-refractivity contribution in [2.24, 2.45) is 0 Å². The number of ether oxygens (including phenoxy) is 3. The molecule has 8 nitrogen and oxygen atoms in total. The molecule has 2 bridgehead atoms. The normalized spacial score (nSPS) is 27.1. The summed E-state index contributed by atoms with van der Waals surface area (Å²) in [4.78, 5) is 23.3. The van der Waals surface area contributed by atoms with Crippen molar-refractivity contribution >= 4 is 6.09 Å². The molecule has 3 saturated heterocycles. The van der Waals surface area contributed by atoms with Gasteiger partial charge in [-0.25, -0.2) is 14.8 Å². The first-order valence-corrected chi connectivity index (χ1v) is 11.2. The van der Waals surface area contributed by atoms with Gasteiger partial charge < -0.3 is 24.4 Å². The van der Waals surface area contributed by atoms with Crippen molar-refractivity contribution in [3.63, 3.8) is 0 Å². The number of hydrogen-bond donors (Lipinski definition) is 1. The molecule has 0 radical (unpaired) electrons. The molecule has 0 aliphatic carbocycles. The van der Waals surface area contributed by atoms with E-state index in [1.807, 2.05) is 32.6 Å². The van der Waals surface area contributed by atoms with E-state index >= 15 is 0 Å². The molecule has 0 spiro atoms. The number of aromatic nitrogens is 2. The van der Waals surface area contributed by atoms with Gasteiger partial charge in [-0.05, 0) is 66.5 Å². The van der Waals surface area contributed by atoms with Crippen LogP contribution in [0.5, 0.6) is 11.8 Å². The van der Waals surface area contributed by atoms with E-state index in [-0.39, 0.29) is 30.4 Å². The summed E-state index contributed by atoms with van der Waals surface area (Å²) in [5, 5.41) is 3.34. The van der Waals surface area contributed by atoms with Crippen LogP contribution in [0.2, 0.25) is 0 Å². The number of fused-ring (bicyclic) bond motifs is 2. The molecule has 2 unspecified atom stereocenters. The van der Waals surface area contributed by atoms with Crippen LogP contribution in [0.25, 0.3) is 0 Å². The number of hydrogen-bond acceptors (Lipinski definition) is 7. The maximum absolute atomic E-state index is 12.6. The quantitative estimate of drug-likeness (QED) is 0.803. The first-order chi connectivity index (χ1) is 14.3. The molecule has 1 aromatic heterocycles. The Morgan fingerprint density at radius 1 is 1.00 bits per heavy atom. The largest absolute Gasteiger partial charge is 0.474 e. The van der Waals surface area contributed by atoms with Gasteiger partial charge in [0.1, 0.15) is 24.1 Å². The number of carbonyl (C=O) groups excluding carboxylic acids is 1. The highest BCUT2D eigenvalue weighted by Gasteiger charge is 2.45. The van der Waals surface area contributed by atoms with Gasteiger partial charge in [-0.15, -0.1) is 0 Å². The smallest absolute Gasteiger partial charge is 0.410 e. The molecule has 3 aliphatic rings. The second-order valence-electron chi connectivity index (χ2n) is 9.66. The molecular weight excluding hydrogens is 384 g/mol. The molecule has 1 aromatic rings. The van der Waals surface area contributed by atoms with E-state index in [9.17, 15) is 4.79 Å². The van der Waals surface area contributed by atoms with Crippen molar-refractivity contribution in [1.29, 1.82) is 0 Å². The Hall–Kier alpha value is -2.09. The van der Waals surface area contributed by atoms with Crippen LogP contribution >= 0.6 is 0 Å². The predicted molar refractivity (Wildman–Crippen MR) is 112 cm³/mol. The maximum atomic E-state index is 12.6. The SMILES string of the molecule is Cc1c(OC2CCNCC2)ncnc1OC1CC2CCC(C1)N2C(=O)OC(C)(C)C. The Bertz CT molecular complexity index is 746. The first kappa shape index (κ1) is 21.2. The van der Waals surface area contributed by atoms with Crippen LogP contribution in [0.15, 0.2) is 6.33 Å². The van der Waals surface area contributed by atoms with Gasteiger partial charge in [0.25, 0.3) is 0 Å².